The second-order valence-electron chi connectivity index (χ2n) is 3.07. The number of rotatable bonds is 0. The highest BCUT2D eigenvalue weighted by atomic mass is 15.0. The maximum atomic E-state index is 3.59. The summed E-state index contributed by atoms with van der Waals surface area (Å²) in [5, 5.41) is 3.59. The predicted molar refractivity (Wildman–Crippen MR) is 35.9 cm³/mol. The fourth-order valence-electron chi connectivity index (χ4n) is 1.97. The van der Waals surface area contributed by atoms with Crippen molar-refractivity contribution in [1.29, 1.82) is 0 Å². The Morgan fingerprint density at radius 3 is 1.89 bits per heavy atom. The van der Waals surface area contributed by atoms with Crippen LogP contribution in [0.15, 0.2) is 0 Å². The first-order chi connectivity index (χ1) is 3.95. The molecule has 0 amide bonds. The van der Waals surface area contributed by atoms with Gasteiger partial charge in [0.1, 0.15) is 0 Å². The molecule has 2 nitrogen and oxygen atoms in total. The van der Waals surface area contributed by atoms with Crippen molar-refractivity contribution in [3.8, 4) is 0 Å². The van der Waals surface area contributed by atoms with Crippen LogP contribution in [0.4, 0.5) is 0 Å². The van der Waals surface area contributed by atoms with E-state index in [2.05, 4.69) is 5.32 Å². The van der Waals surface area contributed by atoms with Gasteiger partial charge in [-0.2, -0.15) is 0 Å². The number of nitrogens with zero attached hydrogens (tertiary/aromatic N) is 1. The van der Waals surface area contributed by atoms with Crippen LogP contribution in [0.25, 0.3) is 0 Å². The third kappa shape index (κ3) is 1.25. The molecule has 2 heterocycles. The van der Waals surface area contributed by atoms with Crippen molar-refractivity contribution in [2.45, 2.75) is 44.2 Å². The Morgan fingerprint density at radius 2 is 1.44 bits per heavy atom. The van der Waals surface area contributed by atoms with Crippen LogP contribution in [0.3, 0.4) is 0 Å². The minimum absolute atomic E-state index is 0. The fraction of sp³-hybridized carbons (Fsp3) is 1.00. The molecule has 2 bridgehead atoms. The van der Waals surface area contributed by atoms with Crippen LogP contribution in [0.1, 0.15) is 32.1 Å². The van der Waals surface area contributed by atoms with Gasteiger partial charge in [0.2, 0.25) is 0 Å². The Kier molecular flexibility index (Phi) is 2.09. The van der Waals surface area contributed by atoms with E-state index in [1.165, 1.54) is 32.1 Å². The third-order valence-corrected chi connectivity index (χ3v) is 2.44. The van der Waals surface area contributed by atoms with Crippen molar-refractivity contribution in [3.63, 3.8) is 0 Å². The van der Waals surface area contributed by atoms with Gasteiger partial charge in [0.15, 0.2) is 0 Å². The van der Waals surface area contributed by atoms with E-state index in [1.54, 1.807) is 0 Å². The highest BCUT2D eigenvalue weighted by Crippen LogP contribution is 2.25. The monoisotopic (exact) mass is 125 g/mol. The molecule has 0 aromatic carbocycles. The van der Waals surface area contributed by atoms with Gasteiger partial charge in [0.25, 0.3) is 0 Å². The lowest BCUT2D eigenvalue weighted by Crippen LogP contribution is -2.33. The van der Waals surface area contributed by atoms with Crippen molar-refractivity contribution in [3.05, 3.63) is 0 Å². The maximum absolute atomic E-state index is 3.59. The van der Waals surface area contributed by atoms with E-state index in [0.717, 1.165) is 12.1 Å². The van der Waals surface area contributed by atoms with Crippen LogP contribution in [-0.2, 0) is 0 Å². The Hall–Kier alpha value is -0.0800. The zero-order chi connectivity index (χ0) is 5.40. The standard InChI is InChI=1S/C7H13N.N/c1-2-6-4-5-7(3-1)8-6;/h6-8H,1-5H2;. The van der Waals surface area contributed by atoms with Gasteiger partial charge in [-0.1, -0.05) is 6.42 Å². The van der Waals surface area contributed by atoms with E-state index in [9.17, 15) is 0 Å². The predicted octanol–water partition coefficient (Wildman–Crippen LogP) is 0.810. The SMILES string of the molecule is C1CC2CCC(C1)N2.[N]. The molecule has 2 unspecified atom stereocenters. The minimum atomic E-state index is 0. The van der Waals surface area contributed by atoms with Crippen LogP contribution < -0.4 is 11.5 Å². The largest absolute Gasteiger partial charge is 0.311 e. The van der Waals surface area contributed by atoms with Crippen LogP contribution in [0.2, 0.25) is 0 Å². The van der Waals surface area contributed by atoms with Gasteiger partial charge in [0, 0.05) is 18.2 Å². The second kappa shape index (κ2) is 2.67. The zero-order valence-electron chi connectivity index (χ0n) is 5.64. The molecule has 2 heteroatoms. The van der Waals surface area contributed by atoms with Gasteiger partial charge in [0.05, 0.1) is 0 Å². The number of piperidine rings is 1. The molecule has 51 valence electrons. The number of hydrogen-bond acceptors (Lipinski definition) is 1. The second-order valence-corrected chi connectivity index (χ2v) is 3.07. The first-order valence-electron chi connectivity index (χ1n) is 3.71. The van der Waals surface area contributed by atoms with Gasteiger partial charge < -0.3 is 5.32 Å². The average molecular weight is 125 g/mol. The Balaban J connectivity index is 0.000000405. The molecule has 1 N–H and O–H groups in total. The van der Waals surface area contributed by atoms with Gasteiger partial charge in [-0.3, -0.25) is 0 Å². The summed E-state index contributed by atoms with van der Waals surface area (Å²) in [6.45, 7) is 0. The zero-order valence-corrected chi connectivity index (χ0v) is 5.64. The van der Waals surface area contributed by atoms with E-state index < -0.39 is 0 Å². The molecule has 2 atom stereocenters. The quantitative estimate of drug-likeness (QED) is 0.511. The van der Waals surface area contributed by atoms with Crippen molar-refractivity contribution in [1.82, 2.24) is 11.5 Å². The summed E-state index contributed by atoms with van der Waals surface area (Å²) < 4.78 is 0. The molecule has 2 aliphatic rings. The van der Waals surface area contributed by atoms with Crippen LogP contribution >= 0.6 is 0 Å². The molecule has 0 aromatic heterocycles. The highest BCUT2D eigenvalue weighted by molar-refractivity contribution is 4.87. The van der Waals surface area contributed by atoms with Crippen LogP contribution in [0, 0.1) is 0 Å². The first kappa shape index (κ1) is 7.03. The molecule has 0 aliphatic carbocycles. The normalized spacial score (nSPS) is 40.0. The lowest BCUT2D eigenvalue weighted by atomic mass is 10.1. The van der Waals surface area contributed by atoms with E-state index in [0.29, 0.717) is 0 Å². The molecule has 0 aromatic rings. The summed E-state index contributed by atoms with van der Waals surface area (Å²) in [5.74, 6) is 0. The maximum Gasteiger partial charge on any atom is 0.00702 e. The molecule has 2 fully saturated rings. The van der Waals surface area contributed by atoms with E-state index >= 15 is 0 Å². The van der Waals surface area contributed by atoms with Gasteiger partial charge in [-0.15, -0.1) is 0 Å². The van der Waals surface area contributed by atoms with Gasteiger partial charge in [-0.05, 0) is 25.7 Å². The van der Waals surface area contributed by atoms with Crippen molar-refractivity contribution in [2.24, 2.45) is 0 Å². The summed E-state index contributed by atoms with van der Waals surface area (Å²) in [4.78, 5) is 0. The molecule has 2 saturated heterocycles. The molecule has 0 saturated carbocycles. The number of nitrogens with one attached hydrogen (secondary N) is 1. The summed E-state index contributed by atoms with van der Waals surface area (Å²) >= 11 is 0. The van der Waals surface area contributed by atoms with E-state index in [1.807, 2.05) is 0 Å². The van der Waals surface area contributed by atoms with Crippen LogP contribution in [0.5, 0.6) is 0 Å². The van der Waals surface area contributed by atoms with E-state index in [-0.39, 0.29) is 6.15 Å². The summed E-state index contributed by atoms with van der Waals surface area (Å²) in [5.41, 5.74) is 0. The van der Waals surface area contributed by atoms with Gasteiger partial charge in [-0.25, -0.2) is 0 Å². The third-order valence-electron chi connectivity index (χ3n) is 2.44. The molecular formula is C7H13N2. The van der Waals surface area contributed by atoms with E-state index in [4.69, 9.17) is 0 Å². The van der Waals surface area contributed by atoms with Crippen molar-refractivity contribution < 1.29 is 0 Å². The number of hydrogen-bond donors (Lipinski definition) is 1. The number of fused-ring (bicyclic) bond motifs is 2. The Labute approximate surface area is 56.6 Å². The summed E-state index contributed by atoms with van der Waals surface area (Å²) in [6, 6.07) is 1.82. The molecule has 2 aliphatic heterocycles. The molecule has 3 radical (unpaired) electrons. The molecular weight excluding hydrogens is 112 g/mol. The first-order valence-corrected chi connectivity index (χ1v) is 3.71. The summed E-state index contributed by atoms with van der Waals surface area (Å²) in [7, 11) is 0. The average Bonchev–Trinajstić information content (AvgIpc) is 2.12. The molecule has 9 heavy (non-hydrogen) atoms. The Morgan fingerprint density at radius 1 is 0.889 bits per heavy atom. The van der Waals surface area contributed by atoms with Gasteiger partial charge >= 0.3 is 0 Å². The fourth-order valence-corrected chi connectivity index (χ4v) is 1.97. The molecule has 2 rings (SSSR count). The molecule has 0 spiro atoms. The van der Waals surface area contributed by atoms with Crippen LogP contribution in [-0.4, -0.2) is 12.1 Å². The lowest BCUT2D eigenvalue weighted by molar-refractivity contribution is 0.406. The Bertz CT molecular complexity index is 78.9. The highest BCUT2D eigenvalue weighted by Gasteiger charge is 2.26. The van der Waals surface area contributed by atoms with Crippen molar-refractivity contribution >= 4 is 0 Å². The lowest BCUT2D eigenvalue weighted by Gasteiger charge is -2.19. The smallest absolute Gasteiger partial charge is 0.00702 e. The summed E-state index contributed by atoms with van der Waals surface area (Å²) in [6.07, 6.45) is 7.25. The van der Waals surface area contributed by atoms with Crippen molar-refractivity contribution in [2.75, 3.05) is 0 Å². The minimum Gasteiger partial charge on any atom is -0.311 e. The topological polar surface area (TPSA) is 42.5 Å².